The first-order valence-electron chi connectivity index (χ1n) is 31.4. The Labute approximate surface area is 650 Å². The molecule has 23 heteroatoms. The summed E-state index contributed by atoms with van der Waals surface area (Å²) in [4.78, 5) is 37.3. The van der Waals surface area contributed by atoms with Gasteiger partial charge < -0.3 is 40.3 Å². The summed E-state index contributed by atoms with van der Waals surface area (Å²) in [5.74, 6) is 2.20. The average molecular weight is 1540 g/mol. The van der Waals surface area contributed by atoms with E-state index < -0.39 is 7.12 Å². The van der Waals surface area contributed by atoms with Crippen LogP contribution < -0.4 is 22.4 Å². The second kappa shape index (κ2) is 34.9. The molecule has 6 aromatic heterocycles. The molecule has 104 heavy (non-hydrogen) atoms. The van der Waals surface area contributed by atoms with Crippen LogP contribution in [0.4, 0.5) is 0 Å². The Morgan fingerprint density at radius 3 is 0.952 bits per heavy atom. The molecule has 0 saturated heterocycles. The molecule has 0 radical (unpaired) electrons. The van der Waals surface area contributed by atoms with E-state index >= 15 is 0 Å². The fourth-order valence-electron chi connectivity index (χ4n) is 11.3. The predicted molar refractivity (Wildman–Crippen MR) is 423 cm³/mol. The Kier molecular flexibility index (Phi) is 25.1. The minimum atomic E-state index is -1.46. The van der Waals surface area contributed by atoms with E-state index in [-0.39, 0.29) is 74.9 Å². The topological polar surface area (TPSA) is 196 Å². The molecule has 0 unspecified atom stereocenters. The van der Waals surface area contributed by atoms with Crippen molar-refractivity contribution in [2.45, 2.75) is 0 Å². The summed E-state index contributed by atoms with van der Waals surface area (Å²) in [7, 11) is -1.46. The molecule has 0 spiro atoms. The summed E-state index contributed by atoms with van der Waals surface area (Å²) in [6, 6.07) is 99.3. The van der Waals surface area contributed by atoms with E-state index in [1.807, 2.05) is 200 Å². The largest absolute Gasteiger partial charge is 2.00 e. The van der Waals surface area contributed by atoms with E-state index in [1.165, 1.54) is 11.1 Å². The SMILES string of the molecule is Clc1nc(Cl)nc(-c2cccc(-c3ccccc3)c2)n1.Clc1nc(Cl)nc(Cl)n1.OB(O)c1ccc2c(c1)oc1ccccc12.[BH4-].[Br-].[Mg+2].[c-]1cccc(-c2ccccc2)c1.c1ccc(-c2cccc(-c3nc(-c4ccc5c(c4)oc4ccccc45)nc(-c4ccc5c(c4)oc4ccccc45)n3)c2)cc1. The van der Waals surface area contributed by atoms with Crippen LogP contribution in [-0.2, 0) is 0 Å². The second-order valence-electron chi connectivity index (χ2n) is 22.5. The van der Waals surface area contributed by atoms with Crippen LogP contribution in [0.5, 0.6) is 0 Å². The first kappa shape index (κ1) is 75.0. The molecular formula is C81H54B2BrCl5MgN9O5-. The first-order valence-corrected chi connectivity index (χ1v) is 33.3. The number of benzene rings is 12. The quantitative estimate of drug-likeness (QED) is 0.108. The summed E-state index contributed by atoms with van der Waals surface area (Å²) in [6.45, 7) is 0. The van der Waals surface area contributed by atoms with Crippen molar-refractivity contribution >= 4 is 168 Å². The molecular weight excluding hydrogens is 1480 g/mol. The molecule has 18 aromatic rings. The van der Waals surface area contributed by atoms with Crippen molar-refractivity contribution in [2.75, 3.05) is 0 Å². The van der Waals surface area contributed by atoms with Gasteiger partial charge in [-0.1, -0.05) is 220 Å². The van der Waals surface area contributed by atoms with Crippen molar-refractivity contribution in [1.29, 1.82) is 0 Å². The third-order valence-electron chi connectivity index (χ3n) is 16.0. The van der Waals surface area contributed by atoms with Crippen LogP contribution >= 0.6 is 58.0 Å². The number of aromatic nitrogens is 9. The fraction of sp³-hybridized carbons (Fsp3) is 0. The molecule has 504 valence electrons. The van der Waals surface area contributed by atoms with Gasteiger partial charge in [0.15, 0.2) is 23.3 Å². The van der Waals surface area contributed by atoms with Gasteiger partial charge in [-0.2, -0.15) is 60.2 Å². The van der Waals surface area contributed by atoms with Gasteiger partial charge in [-0.05, 0) is 146 Å². The summed E-state index contributed by atoms with van der Waals surface area (Å²) in [6.07, 6.45) is 0. The van der Waals surface area contributed by atoms with Gasteiger partial charge in [-0.3, -0.25) is 0 Å². The van der Waals surface area contributed by atoms with E-state index in [1.54, 1.807) is 12.1 Å². The third kappa shape index (κ3) is 17.9. The summed E-state index contributed by atoms with van der Waals surface area (Å²) >= 11 is 27.6. The molecule has 0 bridgehead atoms. The van der Waals surface area contributed by atoms with Gasteiger partial charge in [0.25, 0.3) is 0 Å². The zero-order valence-corrected chi connectivity index (χ0v) is 60.7. The van der Waals surface area contributed by atoms with Gasteiger partial charge in [0.1, 0.15) is 33.5 Å². The molecule has 0 fully saturated rings. The maximum Gasteiger partial charge on any atom is 2.00 e. The maximum atomic E-state index is 9.07. The average Bonchev–Trinajstić information content (AvgIpc) is 1.44. The zero-order valence-electron chi connectivity index (χ0n) is 53.9. The van der Waals surface area contributed by atoms with E-state index in [0.29, 0.717) is 34.3 Å². The molecule has 0 aliphatic heterocycles. The molecule has 18 rings (SSSR count). The Bertz CT molecular complexity index is 5720. The Balaban J connectivity index is 0.000000149. The predicted octanol–water partition coefficient (Wildman–Crippen LogP) is 16.3. The van der Waals surface area contributed by atoms with Crippen molar-refractivity contribution in [2.24, 2.45) is 0 Å². The molecule has 6 heterocycles. The number of furan rings is 3. The van der Waals surface area contributed by atoms with Gasteiger partial charge in [0.2, 0.25) is 26.4 Å². The third-order valence-corrected chi connectivity index (χ3v) is 16.9. The normalized spacial score (nSPS) is 10.6. The Hall–Kier alpha value is -10.2. The molecule has 0 saturated carbocycles. The smallest absolute Gasteiger partial charge is 1.00 e. The van der Waals surface area contributed by atoms with Gasteiger partial charge in [0.05, 0.1) is 0 Å². The van der Waals surface area contributed by atoms with E-state index in [2.05, 4.69) is 115 Å². The number of para-hydroxylation sites is 3. The second-order valence-corrected chi connectivity index (χ2v) is 24.2. The van der Waals surface area contributed by atoms with Crippen LogP contribution in [0.25, 0.3) is 145 Å². The zero-order chi connectivity index (χ0) is 69.2. The minimum absolute atomic E-state index is 0. The first-order chi connectivity index (χ1) is 49.4. The Morgan fingerprint density at radius 1 is 0.269 bits per heavy atom. The molecule has 0 amide bonds. The molecule has 14 nitrogen and oxygen atoms in total. The molecule has 2 N–H and O–H groups in total. The van der Waals surface area contributed by atoms with Gasteiger partial charge in [-0.15, -0.1) is 5.56 Å². The van der Waals surface area contributed by atoms with Crippen LogP contribution in [0.1, 0.15) is 0 Å². The number of hydrogen-bond acceptors (Lipinski definition) is 14. The maximum absolute atomic E-state index is 9.07. The minimum Gasteiger partial charge on any atom is -1.00 e. The van der Waals surface area contributed by atoms with Crippen molar-refractivity contribution in [1.82, 2.24) is 44.9 Å². The fourth-order valence-corrected chi connectivity index (χ4v) is 12.3. The number of fused-ring (bicyclic) bond motifs is 9. The van der Waals surface area contributed by atoms with Crippen LogP contribution in [-0.4, -0.2) is 93.5 Å². The molecule has 12 aromatic carbocycles. The summed E-state index contributed by atoms with van der Waals surface area (Å²) in [5, 5.41) is 24.6. The Morgan fingerprint density at radius 2 is 0.567 bits per heavy atom. The monoisotopic (exact) mass is 1530 g/mol. The van der Waals surface area contributed by atoms with Gasteiger partial charge in [0, 0.05) is 54.6 Å². The van der Waals surface area contributed by atoms with Crippen LogP contribution in [0.2, 0.25) is 26.4 Å². The molecule has 0 aliphatic rings. The van der Waals surface area contributed by atoms with E-state index in [9.17, 15) is 0 Å². The van der Waals surface area contributed by atoms with Crippen LogP contribution in [0.15, 0.2) is 304 Å². The van der Waals surface area contributed by atoms with Crippen LogP contribution in [0.3, 0.4) is 0 Å². The van der Waals surface area contributed by atoms with E-state index in [4.69, 9.17) is 96.3 Å². The molecule has 0 aliphatic carbocycles. The number of halogens is 6. The summed E-state index contributed by atoms with van der Waals surface area (Å²) in [5.41, 5.74) is 15.6. The van der Waals surface area contributed by atoms with Crippen molar-refractivity contribution < 1.29 is 40.3 Å². The van der Waals surface area contributed by atoms with Crippen LogP contribution in [0, 0.1) is 6.07 Å². The summed E-state index contributed by atoms with van der Waals surface area (Å²) < 4.78 is 18.0. The van der Waals surface area contributed by atoms with Crippen molar-refractivity contribution in [3.63, 3.8) is 0 Å². The van der Waals surface area contributed by atoms with E-state index in [0.717, 1.165) is 105 Å². The molecule has 0 atom stereocenters. The number of nitrogens with zero attached hydrogens (tertiary/aromatic N) is 9. The van der Waals surface area contributed by atoms with Crippen molar-refractivity contribution in [3.8, 4) is 78.9 Å². The number of hydrogen-bond donors (Lipinski definition) is 2. The van der Waals surface area contributed by atoms with Gasteiger partial charge >= 0.3 is 30.2 Å². The van der Waals surface area contributed by atoms with Crippen molar-refractivity contribution in [3.05, 3.63) is 324 Å². The standard InChI is InChI=1S/C39H23N3O2.C15H9Cl2N3.C12H9BO3.C12H9.C3Cl3N3.BH4.BrH.Mg/c1-2-9-24(10-3-1)25-11-8-12-26(21-25)37-40-38(27-17-19-31-29-13-4-6-15-33(29)43-35(31)22-27)42-39(41-37)28-18-20-32-30-14-5-7-16-34(30)44-36(32)23-28;16-14-18-13(19-15(17)20-14)12-8-4-7-11(9-12)10-5-2-1-3-6-10;14-13(15)8-5-6-10-9-3-1-2-4-11(9)16-12(10)7-8;1-3-7-11(8-4-1)12-9-5-2-6-10-12;4-1-7-2(5)9-3(6)8-1;;;/h1-23H;1-9H;1-7,14-15H;1-5,7-10H;;1H4;1H;/q;;;-1;;-1;;+2/p-1. The van der Waals surface area contributed by atoms with Gasteiger partial charge in [-0.25, -0.2) is 15.0 Å². The number of rotatable bonds is 8.